The van der Waals surface area contributed by atoms with Gasteiger partial charge in [-0.05, 0) is 37.8 Å². The van der Waals surface area contributed by atoms with Crippen molar-refractivity contribution in [2.75, 3.05) is 46.0 Å². The third-order valence-electron chi connectivity index (χ3n) is 7.59. The number of nitrogens with zero attached hydrogens (tertiary/aromatic N) is 3. The molecule has 2 aromatic carbocycles. The van der Waals surface area contributed by atoms with Crippen molar-refractivity contribution in [2.45, 2.75) is 37.8 Å². The number of hydrogen-bond acceptors (Lipinski definition) is 8. The number of rotatable bonds is 6. The Morgan fingerprint density at radius 1 is 0.865 bits per heavy atom. The molecule has 1 N–H and O–H groups in total. The van der Waals surface area contributed by atoms with Gasteiger partial charge in [0.15, 0.2) is 23.0 Å². The van der Waals surface area contributed by atoms with E-state index in [9.17, 15) is 9.59 Å². The molecule has 10 nitrogen and oxygen atoms in total. The van der Waals surface area contributed by atoms with Gasteiger partial charge in [-0.25, -0.2) is 0 Å². The minimum absolute atomic E-state index is 0.00822. The maximum absolute atomic E-state index is 13.1. The zero-order valence-corrected chi connectivity index (χ0v) is 21.0. The Bertz CT molecular complexity index is 1280. The molecule has 2 aromatic rings. The number of benzene rings is 2. The van der Waals surface area contributed by atoms with Crippen molar-refractivity contribution in [3.63, 3.8) is 0 Å². The highest BCUT2D eigenvalue weighted by molar-refractivity contribution is 6.03. The van der Waals surface area contributed by atoms with Gasteiger partial charge in [-0.2, -0.15) is 0 Å². The monoisotopic (exact) mass is 506 g/mol. The van der Waals surface area contributed by atoms with E-state index in [0.29, 0.717) is 52.0 Å². The Kier molecular flexibility index (Phi) is 6.02. The fraction of sp³-hybridized carbons (Fsp3) is 0.444. The lowest BCUT2D eigenvalue weighted by atomic mass is 10.1. The van der Waals surface area contributed by atoms with E-state index in [4.69, 9.17) is 18.9 Å². The standard InChI is InChI=1S/C27H30N4O6/c1-34-22-9-18-20(28-13-16-5-3-7-30(16)26(18)32)11-24(22)36-15-37-25-12-21-19(10-23(25)35-2)27(33)31-8-4-6-17(31)14-29-21/h9-13,16-17,29H,3-8,14-15H2,1-2H3/t16-,17-/m0/s1. The largest absolute Gasteiger partial charge is 0.493 e. The summed E-state index contributed by atoms with van der Waals surface area (Å²) in [6, 6.07) is 7.10. The SMILES string of the molecule is COc1cc2c(cc1OCOc1cc3c(cc1OC)C(=O)N1CCC[C@H]1CN3)N=C[C@@H]1CCCN1C2=O. The number of carbonyl (C=O) groups excluding carboxylic acids is 2. The third kappa shape index (κ3) is 4.10. The number of methoxy groups -OCH3 is 2. The number of fused-ring (bicyclic) bond motifs is 4. The van der Waals surface area contributed by atoms with Gasteiger partial charge in [-0.3, -0.25) is 14.6 Å². The van der Waals surface area contributed by atoms with Crippen LogP contribution >= 0.6 is 0 Å². The van der Waals surface area contributed by atoms with Gasteiger partial charge < -0.3 is 34.1 Å². The minimum Gasteiger partial charge on any atom is -0.493 e. The Morgan fingerprint density at radius 2 is 1.54 bits per heavy atom. The van der Waals surface area contributed by atoms with E-state index in [2.05, 4.69) is 10.3 Å². The average Bonchev–Trinajstić information content (AvgIpc) is 3.54. The van der Waals surface area contributed by atoms with Gasteiger partial charge in [0.1, 0.15) is 0 Å². The van der Waals surface area contributed by atoms with Crippen LogP contribution in [0.2, 0.25) is 0 Å². The molecule has 0 unspecified atom stereocenters. The second-order valence-corrected chi connectivity index (χ2v) is 9.64. The smallest absolute Gasteiger partial charge is 0.256 e. The van der Waals surface area contributed by atoms with Gasteiger partial charge in [0.05, 0.1) is 42.8 Å². The second-order valence-electron chi connectivity index (χ2n) is 9.64. The first-order valence-electron chi connectivity index (χ1n) is 12.7. The van der Waals surface area contributed by atoms with Crippen molar-refractivity contribution in [1.29, 1.82) is 0 Å². The molecule has 0 aromatic heterocycles. The molecule has 2 amide bonds. The number of ether oxygens (including phenoxy) is 4. The normalized spacial score (nSPS) is 21.8. The van der Waals surface area contributed by atoms with Crippen LogP contribution in [0.25, 0.3) is 0 Å². The van der Waals surface area contributed by atoms with Crippen molar-refractivity contribution >= 4 is 29.4 Å². The van der Waals surface area contributed by atoms with Crippen LogP contribution in [0.15, 0.2) is 29.3 Å². The topological polar surface area (TPSA) is 102 Å². The van der Waals surface area contributed by atoms with E-state index >= 15 is 0 Å². The fourth-order valence-electron chi connectivity index (χ4n) is 5.63. The van der Waals surface area contributed by atoms with Crippen molar-refractivity contribution in [1.82, 2.24) is 9.80 Å². The van der Waals surface area contributed by atoms with Gasteiger partial charge in [0.25, 0.3) is 11.8 Å². The van der Waals surface area contributed by atoms with E-state index in [0.717, 1.165) is 38.8 Å². The molecule has 194 valence electrons. The summed E-state index contributed by atoms with van der Waals surface area (Å²) in [5.41, 5.74) is 2.33. The van der Waals surface area contributed by atoms with Gasteiger partial charge in [0, 0.05) is 44.0 Å². The maximum atomic E-state index is 13.1. The zero-order chi connectivity index (χ0) is 25.5. The molecule has 37 heavy (non-hydrogen) atoms. The second kappa shape index (κ2) is 9.49. The van der Waals surface area contributed by atoms with Crippen LogP contribution in [0.5, 0.6) is 23.0 Å². The molecule has 0 bridgehead atoms. The lowest BCUT2D eigenvalue weighted by Crippen LogP contribution is -2.36. The van der Waals surface area contributed by atoms with Crippen molar-refractivity contribution in [3.8, 4) is 23.0 Å². The lowest BCUT2D eigenvalue weighted by Gasteiger charge is -2.21. The first-order valence-corrected chi connectivity index (χ1v) is 12.7. The molecule has 2 saturated heterocycles. The van der Waals surface area contributed by atoms with E-state index in [-0.39, 0.29) is 30.7 Å². The van der Waals surface area contributed by atoms with Gasteiger partial charge in [-0.15, -0.1) is 0 Å². The molecule has 0 radical (unpaired) electrons. The third-order valence-corrected chi connectivity index (χ3v) is 7.59. The van der Waals surface area contributed by atoms with E-state index in [1.54, 1.807) is 31.4 Å². The van der Waals surface area contributed by atoms with Gasteiger partial charge in [-0.1, -0.05) is 0 Å². The van der Waals surface area contributed by atoms with Crippen LogP contribution in [0, 0.1) is 0 Å². The molecule has 0 saturated carbocycles. The zero-order valence-electron chi connectivity index (χ0n) is 21.0. The summed E-state index contributed by atoms with van der Waals surface area (Å²) in [5, 5.41) is 3.40. The van der Waals surface area contributed by atoms with Crippen LogP contribution < -0.4 is 24.3 Å². The summed E-state index contributed by atoms with van der Waals surface area (Å²) >= 11 is 0. The van der Waals surface area contributed by atoms with Crippen molar-refractivity contribution in [3.05, 3.63) is 35.4 Å². The number of amides is 2. The molecule has 4 aliphatic rings. The minimum atomic E-state index is -0.139. The molecular weight excluding hydrogens is 476 g/mol. The summed E-state index contributed by atoms with van der Waals surface area (Å²) in [6.07, 6.45) is 5.75. The van der Waals surface area contributed by atoms with Gasteiger partial charge in [0.2, 0.25) is 6.79 Å². The Morgan fingerprint density at radius 3 is 2.32 bits per heavy atom. The Labute approximate surface area is 215 Å². The highest BCUT2D eigenvalue weighted by atomic mass is 16.7. The number of aliphatic imine (C=N–C) groups is 1. The molecule has 4 heterocycles. The van der Waals surface area contributed by atoms with Crippen LogP contribution in [0.4, 0.5) is 11.4 Å². The van der Waals surface area contributed by atoms with Crippen molar-refractivity contribution in [2.24, 2.45) is 4.99 Å². The number of anilines is 1. The lowest BCUT2D eigenvalue weighted by molar-refractivity contribution is 0.0747. The van der Waals surface area contributed by atoms with Crippen LogP contribution in [0.3, 0.4) is 0 Å². The van der Waals surface area contributed by atoms with Crippen LogP contribution in [-0.2, 0) is 0 Å². The van der Waals surface area contributed by atoms with E-state index in [1.165, 1.54) is 7.11 Å². The Balaban J connectivity index is 1.22. The number of nitrogens with one attached hydrogen (secondary N) is 1. The summed E-state index contributed by atoms with van der Waals surface area (Å²) < 4.78 is 22.9. The maximum Gasteiger partial charge on any atom is 0.256 e. The molecule has 2 atom stereocenters. The quantitative estimate of drug-likeness (QED) is 0.599. The number of carbonyl (C=O) groups is 2. The van der Waals surface area contributed by atoms with Crippen LogP contribution in [-0.4, -0.2) is 80.6 Å². The molecule has 0 aliphatic carbocycles. The summed E-state index contributed by atoms with van der Waals surface area (Å²) in [5.74, 6) is 1.69. The average molecular weight is 507 g/mol. The highest BCUT2D eigenvalue weighted by Crippen LogP contribution is 2.40. The first-order chi connectivity index (χ1) is 18.1. The Hall–Kier alpha value is -3.95. The molecule has 10 heteroatoms. The molecule has 4 aliphatic heterocycles. The van der Waals surface area contributed by atoms with Gasteiger partial charge >= 0.3 is 0 Å². The predicted molar refractivity (Wildman–Crippen MR) is 137 cm³/mol. The molecule has 6 rings (SSSR count). The van der Waals surface area contributed by atoms with E-state index in [1.807, 2.05) is 16.0 Å². The summed E-state index contributed by atoms with van der Waals surface area (Å²) in [4.78, 5) is 34.5. The summed E-state index contributed by atoms with van der Waals surface area (Å²) in [6.45, 7) is 2.06. The number of hydrogen-bond donors (Lipinski definition) is 1. The van der Waals surface area contributed by atoms with Crippen molar-refractivity contribution < 1.29 is 28.5 Å². The molecule has 2 fully saturated rings. The summed E-state index contributed by atoms with van der Waals surface area (Å²) in [7, 11) is 3.07. The molecule has 0 spiro atoms. The van der Waals surface area contributed by atoms with Crippen LogP contribution in [0.1, 0.15) is 46.4 Å². The first kappa shape index (κ1) is 23.4. The molecular formula is C27H30N4O6. The van der Waals surface area contributed by atoms with E-state index < -0.39 is 0 Å². The predicted octanol–water partition coefficient (Wildman–Crippen LogP) is 3.47. The highest BCUT2D eigenvalue weighted by Gasteiger charge is 2.35. The fourth-order valence-corrected chi connectivity index (χ4v) is 5.63.